The lowest BCUT2D eigenvalue weighted by molar-refractivity contribution is -0.141. The molecule has 2 rings (SSSR count). The van der Waals surface area contributed by atoms with Crippen LogP contribution in [-0.2, 0) is 9.59 Å². The first-order chi connectivity index (χ1) is 7.99. The number of nitrogens with two attached hydrogens (primary N) is 1. The molecule has 1 fully saturated rings. The lowest BCUT2D eigenvalue weighted by Crippen LogP contribution is -2.25. The van der Waals surface area contributed by atoms with Crippen LogP contribution in [0.1, 0.15) is 6.42 Å². The number of halogens is 1. The minimum atomic E-state index is -1.02. The lowest BCUT2D eigenvalue weighted by atomic mass is 10.1. The van der Waals surface area contributed by atoms with Crippen LogP contribution in [0.5, 0.6) is 0 Å². The van der Waals surface area contributed by atoms with Crippen molar-refractivity contribution in [2.24, 2.45) is 5.92 Å². The third-order valence-corrected chi connectivity index (χ3v) is 2.77. The minimum Gasteiger partial charge on any atom is -0.481 e. The number of nitrogen functional groups attached to an aromatic ring is 1. The van der Waals surface area contributed by atoms with E-state index in [1.54, 1.807) is 0 Å². The van der Waals surface area contributed by atoms with Gasteiger partial charge in [0.1, 0.15) is 5.82 Å². The summed E-state index contributed by atoms with van der Waals surface area (Å²) < 4.78 is 13.2. The fraction of sp³-hybridized carbons (Fsp3) is 0.273. The van der Waals surface area contributed by atoms with Crippen LogP contribution in [0.25, 0.3) is 0 Å². The van der Waals surface area contributed by atoms with Gasteiger partial charge in [-0.25, -0.2) is 4.39 Å². The number of hydrogen-bond acceptors (Lipinski definition) is 3. The lowest BCUT2D eigenvalue weighted by Gasteiger charge is -2.16. The van der Waals surface area contributed by atoms with Crippen LogP contribution in [0, 0.1) is 11.7 Å². The number of rotatable bonds is 2. The highest BCUT2D eigenvalue weighted by Crippen LogP contribution is 2.27. The Morgan fingerprint density at radius 3 is 2.76 bits per heavy atom. The summed E-state index contributed by atoms with van der Waals surface area (Å²) in [5.74, 6) is -2.68. The van der Waals surface area contributed by atoms with Gasteiger partial charge in [-0.2, -0.15) is 0 Å². The zero-order valence-electron chi connectivity index (χ0n) is 8.89. The second-order valence-electron chi connectivity index (χ2n) is 3.95. The van der Waals surface area contributed by atoms with E-state index < -0.39 is 17.7 Å². The van der Waals surface area contributed by atoms with Crippen LogP contribution in [-0.4, -0.2) is 23.5 Å². The van der Waals surface area contributed by atoms with Crippen LogP contribution in [0.15, 0.2) is 18.2 Å². The Morgan fingerprint density at radius 2 is 2.24 bits per heavy atom. The SMILES string of the molecule is Nc1ccc(N2CC(C(=O)O)CC2=O)cc1F. The molecule has 3 N–H and O–H groups in total. The molecule has 1 aliphatic heterocycles. The Bertz CT molecular complexity index is 490. The summed E-state index contributed by atoms with van der Waals surface area (Å²) in [4.78, 5) is 23.6. The predicted molar refractivity (Wildman–Crippen MR) is 58.9 cm³/mol. The van der Waals surface area contributed by atoms with Crippen molar-refractivity contribution in [3.05, 3.63) is 24.0 Å². The normalized spacial score (nSPS) is 19.7. The van der Waals surface area contributed by atoms with Gasteiger partial charge in [0.25, 0.3) is 0 Å². The number of anilines is 2. The van der Waals surface area contributed by atoms with E-state index in [9.17, 15) is 14.0 Å². The van der Waals surface area contributed by atoms with Crippen molar-refractivity contribution >= 4 is 23.3 Å². The van der Waals surface area contributed by atoms with E-state index in [-0.39, 0.29) is 24.6 Å². The zero-order chi connectivity index (χ0) is 12.6. The van der Waals surface area contributed by atoms with Crippen LogP contribution >= 0.6 is 0 Å². The van der Waals surface area contributed by atoms with E-state index in [1.165, 1.54) is 17.0 Å². The maximum atomic E-state index is 13.2. The molecule has 0 bridgehead atoms. The van der Waals surface area contributed by atoms with Crippen molar-refractivity contribution in [1.29, 1.82) is 0 Å². The minimum absolute atomic E-state index is 0.00446. The molecule has 1 amide bonds. The van der Waals surface area contributed by atoms with E-state index in [4.69, 9.17) is 10.8 Å². The van der Waals surface area contributed by atoms with Crippen molar-refractivity contribution in [1.82, 2.24) is 0 Å². The van der Waals surface area contributed by atoms with Gasteiger partial charge in [-0.1, -0.05) is 0 Å². The molecule has 0 saturated carbocycles. The highest BCUT2D eigenvalue weighted by atomic mass is 19.1. The number of carboxylic acid groups (broad SMARTS) is 1. The number of benzene rings is 1. The van der Waals surface area contributed by atoms with Gasteiger partial charge in [0.15, 0.2) is 0 Å². The molecule has 0 spiro atoms. The summed E-state index contributed by atoms with van der Waals surface area (Å²) >= 11 is 0. The summed E-state index contributed by atoms with van der Waals surface area (Å²) in [7, 11) is 0. The van der Waals surface area contributed by atoms with E-state index in [0.717, 1.165) is 6.07 Å². The molecule has 1 heterocycles. The average molecular weight is 238 g/mol. The Hall–Kier alpha value is -2.11. The van der Waals surface area contributed by atoms with Gasteiger partial charge in [0.05, 0.1) is 11.6 Å². The number of carbonyl (C=O) groups is 2. The summed E-state index contributed by atoms with van der Waals surface area (Å²) in [6.07, 6.45) is -0.0542. The molecule has 6 heteroatoms. The second-order valence-corrected chi connectivity index (χ2v) is 3.95. The third kappa shape index (κ3) is 2.06. The molecule has 0 radical (unpaired) electrons. The van der Waals surface area contributed by atoms with E-state index >= 15 is 0 Å². The van der Waals surface area contributed by atoms with Crippen molar-refractivity contribution in [2.75, 3.05) is 17.2 Å². The smallest absolute Gasteiger partial charge is 0.308 e. The van der Waals surface area contributed by atoms with E-state index in [2.05, 4.69) is 0 Å². The molecule has 0 aromatic heterocycles. The second kappa shape index (κ2) is 4.04. The van der Waals surface area contributed by atoms with E-state index in [0.29, 0.717) is 5.69 Å². The first-order valence-electron chi connectivity index (χ1n) is 5.07. The predicted octanol–water partition coefficient (Wildman–Crippen LogP) is 0.845. The van der Waals surface area contributed by atoms with Crippen molar-refractivity contribution in [2.45, 2.75) is 6.42 Å². The van der Waals surface area contributed by atoms with Gasteiger partial charge in [-0.05, 0) is 18.2 Å². The Labute approximate surface area is 96.6 Å². The Morgan fingerprint density at radius 1 is 1.53 bits per heavy atom. The van der Waals surface area contributed by atoms with Gasteiger partial charge < -0.3 is 15.7 Å². The fourth-order valence-electron chi connectivity index (χ4n) is 1.81. The number of nitrogens with zero attached hydrogens (tertiary/aromatic N) is 1. The van der Waals surface area contributed by atoms with Gasteiger partial charge in [-0.3, -0.25) is 9.59 Å². The molecular weight excluding hydrogens is 227 g/mol. The third-order valence-electron chi connectivity index (χ3n) is 2.77. The molecule has 1 aromatic carbocycles. The molecule has 1 unspecified atom stereocenters. The van der Waals surface area contributed by atoms with Crippen LogP contribution < -0.4 is 10.6 Å². The number of hydrogen-bond donors (Lipinski definition) is 2. The summed E-state index contributed by atoms with van der Waals surface area (Å²) in [6.45, 7) is 0.0670. The molecule has 17 heavy (non-hydrogen) atoms. The van der Waals surface area contributed by atoms with Crippen LogP contribution in [0.4, 0.5) is 15.8 Å². The summed E-state index contributed by atoms with van der Waals surface area (Å²) in [6, 6.07) is 3.99. The zero-order valence-corrected chi connectivity index (χ0v) is 8.89. The quantitative estimate of drug-likeness (QED) is 0.748. The Kier molecular flexibility index (Phi) is 2.71. The largest absolute Gasteiger partial charge is 0.481 e. The van der Waals surface area contributed by atoms with E-state index in [1.807, 2.05) is 0 Å². The van der Waals surface area contributed by atoms with Crippen molar-refractivity contribution in [3.8, 4) is 0 Å². The molecule has 0 aliphatic carbocycles. The number of aliphatic carboxylic acids is 1. The Balaban J connectivity index is 2.26. The molecule has 1 aliphatic rings. The standard InChI is InChI=1S/C11H11FN2O3/c12-8-4-7(1-2-9(8)13)14-5-6(11(16)17)3-10(14)15/h1-2,4,6H,3,5,13H2,(H,16,17). The van der Waals surface area contributed by atoms with Gasteiger partial charge in [-0.15, -0.1) is 0 Å². The van der Waals surface area contributed by atoms with Gasteiger partial charge >= 0.3 is 5.97 Å². The molecular formula is C11H11FN2O3. The topological polar surface area (TPSA) is 83.6 Å². The highest BCUT2D eigenvalue weighted by molar-refractivity contribution is 5.99. The number of carbonyl (C=O) groups excluding carboxylic acids is 1. The maximum Gasteiger partial charge on any atom is 0.308 e. The molecule has 90 valence electrons. The molecule has 5 nitrogen and oxygen atoms in total. The first kappa shape index (κ1) is 11.4. The summed E-state index contributed by atoms with van der Waals surface area (Å²) in [5.41, 5.74) is 5.66. The van der Waals surface area contributed by atoms with Crippen LogP contribution in [0.3, 0.4) is 0 Å². The monoisotopic (exact) mass is 238 g/mol. The fourth-order valence-corrected chi connectivity index (χ4v) is 1.81. The first-order valence-corrected chi connectivity index (χ1v) is 5.07. The van der Waals surface area contributed by atoms with Crippen LogP contribution in [0.2, 0.25) is 0 Å². The molecule has 1 saturated heterocycles. The van der Waals surface area contributed by atoms with Gasteiger partial charge in [0.2, 0.25) is 5.91 Å². The number of carboxylic acids is 1. The summed E-state index contributed by atoms with van der Waals surface area (Å²) in [5, 5.41) is 8.82. The average Bonchev–Trinajstić information content (AvgIpc) is 2.65. The molecule has 1 aromatic rings. The number of amides is 1. The highest BCUT2D eigenvalue weighted by Gasteiger charge is 2.35. The van der Waals surface area contributed by atoms with Crippen molar-refractivity contribution in [3.63, 3.8) is 0 Å². The maximum absolute atomic E-state index is 13.2. The van der Waals surface area contributed by atoms with Gasteiger partial charge in [0, 0.05) is 18.7 Å². The van der Waals surface area contributed by atoms with Crippen molar-refractivity contribution < 1.29 is 19.1 Å². The molecule has 1 atom stereocenters.